The summed E-state index contributed by atoms with van der Waals surface area (Å²) < 4.78 is 4.77. The average Bonchev–Trinajstić information content (AvgIpc) is 2.67. The topological polar surface area (TPSA) is 76.1 Å². The summed E-state index contributed by atoms with van der Waals surface area (Å²) in [6.45, 7) is 4.11. The van der Waals surface area contributed by atoms with Crippen molar-refractivity contribution in [2.45, 2.75) is 19.9 Å². The Balaban J connectivity index is 1.96. The zero-order valence-electron chi connectivity index (χ0n) is 15.6. The molecule has 138 valence electrons. The van der Waals surface area contributed by atoms with E-state index < -0.39 is 0 Å². The number of carbonyl (C=O) groups excluding carboxylic acids is 1. The normalized spacial score (nSPS) is 10.5. The fourth-order valence-electron chi connectivity index (χ4n) is 2.60. The lowest BCUT2D eigenvalue weighted by Gasteiger charge is -2.13. The van der Waals surface area contributed by atoms with Crippen LogP contribution in [0.5, 0.6) is 0 Å². The summed E-state index contributed by atoms with van der Waals surface area (Å²) in [6.07, 6.45) is 0. The van der Waals surface area contributed by atoms with Crippen molar-refractivity contribution in [3.05, 3.63) is 66.2 Å². The monoisotopic (exact) mass is 362 g/mol. The molecule has 0 bridgehead atoms. The Morgan fingerprint density at radius 2 is 1.78 bits per heavy atom. The maximum atomic E-state index is 11.7. The fourth-order valence-corrected chi connectivity index (χ4v) is 2.60. The molecule has 3 aromatic rings. The largest absolute Gasteiger partial charge is 0.465 e. The van der Waals surface area contributed by atoms with Crippen LogP contribution in [0, 0.1) is 0 Å². The van der Waals surface area contributed by atoms with Gasteiger partial charge in [-0.05, 0) is 32.0 Å². The van der Waals surface area contributed by atoms with Gasteiger partial charge >= 0.3 is 5.97 Å². The van der Waals surface area contributed by atoms with E-state index in [2.05, 4.69) is 34.4 Å². The third-order valence-corrected chi connectivity index (χ3v) is 3.77. The van der Waals surface area contributed by atoms with Crippen molar-refractivity contribution in [3.63, 3.8) is 0 Å². The minimum absolute atomic E-state index is 0.235. The molecule has 1 aromatic heterocycles. The third kappa shape index (κ3) is 4.82. The summed E-state index contributed by atoms with van der Waals surface area (Å²) in [7, 11) is 1.36. The van der Waals surface area contributed by atoms with E-state index in [0.717, 1.165) is 17.1 Å². The van der Waals surface area contributed by atoms with Crippen molar-refractivity contribution in [2.75, 3.05) is 17.7 Å². The highest BCUT2D eigenvalue weighted by Crippen LogP contribution is 2.24. The first-order valence-corrected chi connectivity index (χ1v) is 8.71. The molecule has 0 saturated carbocycles. The summed E-state index contributed by atoms with van der Waals surface area (Å²) in [4.78, 5) is 20.9. The van der Waals surface area contributed by atoms with Crippen molar-refractivity contribution in [1.82, 2.24) is 9.97 Å². The number of hydrogen-bond donors (Lipinski definition) is 2. The van der Waals surface area contributed by atoms with Crippen LogP contribution in [-0.4, -0.2) is 29.1 Å². The Bertz CT molecular complexity index is 926. The van der Waals surface area contributed by atoms with Crippen molar-refractivity contribution < 1.29 is 9.53 Å². The van der Waals surface area contributed by atoms with Gasteiger partial charge in [-0.2, -0.15) is 4.98 Å². The van der Waals surface area contributed by atoms with E-state index in [1.807, 2.05) is 42.5 Å². The first-order valence-electron chi connectivity index (χ1n) is 8.71. The zero-order chi connectivity index (χ0) is 19.2. The number of anilines is 3. The molecule has 3 rings (SSSR count). The number of hydrogen-bond acceptors (Lipinski definition) is 6. The van der Waals surface area contributed by atoms with Gasteiger partial charge in [0.25, 0.3) is 0 Å². The van der Waals surface area contributed by atoms with Crippen LogP contribution in [-0.2, 0) is 4.74 Å². The number of nitrogens with zero attached hydrogens (tertiary/aromatic N) is 2. The number of aromatic nitrogens is 2. The maximum Gasteiger partial charge on any atom is 0.337 e. The predicted molar refractivity (Wildman–Crippen MR) is 107 cm³/mol. The fraction of sp³-hybridized carbons (Fsp3) is 0.190. The number of benzene rings is 2. The molecule has 0 aliphatic heterocycles. The Morgan fingerprint density at radius 3 is 2.48 bits per heavy atom. The third-order valence-electron chi connectivity index (χ3n) is 3.77. The standard InChI is InChI=1S/C21H22N4O2/c1-14(2)22-19-13-18(15-8-5-4-6-9-15)24-21(25-19)23-17-11-7-10-16(12-17)20(26)27-3/h4-14H,1-3H3,(H2,22,23,24,25). The number of nitrogens with one attached hydrogen (secondary N) is 2. The molecule has 0 amide bonds. The molecule has 1 heterocycles. The van der Waals surface area contributed by atoms with Crippen LogP contribution in [0.2, 0.25) is 0 Å². The molecule has 0 unspecified atom stereocenters. The SMILES string of the molecule is COC(=O)c1cccc(Nc2nc(NC(C)C)cc(-c3ccccc3)n2)c1. The quantitative estimate of drug-likeness (QED) is 0.629. The second-order valence-corrected chi connectivity index (χ2v) is 6.32. The molecule has 0 radical (unpaired) electrons. The van der Waals surface area contributed by atoms with Crippen LogP contribution in [0.4, 0.5) is 17.5 Å². The molecule has 6 nitrogen and oxygen atoms in total. The molecular formula is C21H22N4O2. The Hall–Kier alpha value is -3.41. The maximum absolute atomic E-state index is 11.7. The predicted octanol–water partition coefficient (Wildman–Crippen LogP) is 4.49. The molecular weight excluding hydrogens is 340 g/mol. The van der Waals surface area contributed by atoms with Crippen LogP contribution in [0.1, 0.15) is 24.2 Å². The Kier molecular flexibility index (Phi) is 5.66. The smallest absolute Gasteiger partial charge is 0.337 e. The minimum atomic E-state index is -0.389. The van der Waals surface area contributed by atoms with Gasteiger partial charge in [-0.15, -0.1) is 0 Å². The molecule has 2 N–H and O–H groups in total. The molecule has 0 aliphatic rings. The number of methoxy groups -OCH3 is 1. The van der Waals surface area contributed by atoms with Crippen LogP contribution < -0.4 is 10.6 Å². The summed E-state index contributed by atoms with van der Waals surface area (Å²) in [6, 6.07) is 19.1. The second-order valence-electron chi connectivity index (χ2n) is 6.32. The Labute approximate surface area is 158 Å². The van der Waals surface area contributed by atoms with Crippen molar-refractivity contribution in [3.8, 4) is 11.3 Å². The van der Waals surface area contributed by atoms with Gasteiger partial charge in [-0.1, -0.05) is 36.4 Å². The first kappa shape index (κ1) is 18.4. The van der Waals surface area contributed by atoms with Crippen molar-refractivity contribution in [2.24, 2.45) is 0 Å². The van der Waals surface area contributed by atoms with Gasteiger partial charge < -0.3 is 15.4 Å². The van der Waals surface area contributed by atoms with E-state index >= 15 is 0 Å². The average molecular weight is 362 g/mol. The minimum Gasteiger partial charge on any atom is -0.465 e. The van der Waals surface area contributed by atoms with Crippen LogP contribution in [0.25, 0.3) is 11.3 Å². The lowest BCUT2D eigenvalue weighted by atomic mass is 10.1. The van der Waals surface area contributed by atoms with Gasteiger partial charge in [0.2, 0.25) is 5.95 Å². The van der Waals surface area contributed by atoms with Gasteiger partial charge in [0.1, 0.15) is 5.82 Å². The molecule has 2 aromatic carbocycles. The van der Waals surface area contributed by atoms with Crippen molar-refractivity contribution in [1.29, 1.82) is 0 Å². The summed E-state index contributed by atoms with van der Waals surface area (Å²) in [5, 5.41) is 6.49. The molecule has 6 heteroatoms. The number of rotatable bonds is 6. The van der Waals surface area contributed by atoms with Crippen LogP contribution in [0.15, 0.2) is 60.7 Å². The van der Waals surface area contributed by atoms with Gasteiger partial charge in [0, 0.05) is 23.4 Å². The molecule has 0 aliphatic carbocycles. The first-order chi connectivity index (χ1) is 13.0. The highest BCUT2D eigenvalue weighted by atomic mass is 16.5. The van der Waals surface area contributed by atoms with E-state index in [4.69, 9.17) is 4.74 Å². The lowest BCUT2D eigenvalue weighted by molar-refractivity contribution is 0.0601. The van der Waals surface area contributed by atoms with Gasteiger partial charge in [0.05, 0.1) is 18.4 Å². The molecule has 0 atom stereocenters. The van der Waals surface area contributed by atoms with E-state index in [1.165, 1.54) is 7.11 Å². The van der Waals surface area contributed by atoms with E-state index in [0.29, 0.717) is 17.2 Å². The summed E-state index contributed by atoms with van der Waals surface area (Å²) in [5.41, 5.74) is 2.97. The number of esters is 1. The highest BCUT2D eigenvalue weighted by Gasteiger charge is 2.10. The lowest BCUT2D eigenvalue weighted by Crippen LogP contribution is -2.12. The number of ether oxygens (including phenoxy) is 1. The summed E-state index contributed by atoms with van der Waals surface area (Å²) >= 11 is 0. The molecule has 0 fully saturated rings. The van der Waals surface area contributed by atoms with Gasteiger partial charge in [-0.3, -0.25) is 0 Å². The van der Waals surface area contributed by atoms with E-state index in [9.17, 15) is 4.79 Å². The van der Waals surface area contributed by atoms with Gasteiger partial charge in [-0.25, -0.2) is 9.78 Å². The van der Waals surface area contributed by atoms with E-state index in [-0.39, 0.29) is 12.0 Å². The molecule has 27 heavy (non-hydrogen) atoms. The van der Waals surface area contributed by atoms with Crippen molar-refractivity contribution >= 4 is 23.4 Å². The van der Waals surface area contributed by atoms with E-state index in [1.54, 1.807) is 18.2 Å². The second kappa shape index (κ2) is 8.31. The summed E-state index contributed by atoms with van der Waals surface area (Å²) in [5.74, 6) is 0.784. The van der Waals surface area contributed by atoms with Crippen LogP contribution in [0.3, 0.4) is 0 Å². The Morgan fingerprint density at radius 1 is 1.00 bits per heavy atom. The van der Waals surface area contributed by atoms with Crippen LogP contribution >= 0.6 is 0 Å². The zero-order valence-corrected chi connectivity index (χ0v) is 15.6. The number of carbonyl (C=O) groups is 1. The molecule has 0 saturated heterocycles. The van der Waals surface area contributed by atoms with Gasteiger partial charge in [0.15, 0.2) is 0 Å². The molecule has 0 spiro atoms. The highest BCUT2D eigenvalue weighted by molar-refractivity contribution is 5.90.